The van der Waals surface area contributed by atoms with Crippen LogP contribution in [-0.4, -0.2) is 31.3 Å². The van der Waals surface area contributed by atoms with E-state index in [0.717, 1.165) is 60.5 Å². The summed E-state index contributed by atoms with van der Waals surface area (Å²) in [5.41, 5.74) is 3.65. The van der Waals surface area contributed by atoms with E-state index in [0.29, 0.717) is 6.54 Å². The van der Waals surface area contributed by atoms with Crippen LogP contribution in [0.1, 0.15) is 70.5 Å². The summed E-state index contributed by atoms with van der Waals surface area (Å²) in [6.45, 7) is 4.63. The fourth-order valence-corrected chi connectivity index (χ4v) is 5.96. The zero-order valence-electron chi connectivity index (χ0n) is 17.3. The Morgan fingerprint density at radius 3 is 2.48 bits per heavy atom. The van der Waals surface area contributed by atoms with Crippen LogP contribution >= 0.6 is 11.3 Å². The molecule has 0 atom stereocenters. The highest BCUT2D eigenvalue weighted by molar-refractivity contribution is 7.17. The highest BCUT2D eigenvalue weighted by Crippen LogP contribution is 2.39. The summed E-state index contributed by atoms with van der Waals surface area (Å²) in [4.78, 5) is 29.0. The van der Waals surface area contributed by atoms with Crippen LogP contribution in [0.3, 0.4) is 0 Å². The van der Waals surface area contributed by atoms with Gasteiger partial charge in [0.25, 0.3) is 5.91 Å². The van der Waals surface area contributed by atoms with Crippen molar-refractivity contribution >= 4 is 28.0 Å². The Kier molecular flexibility index (Phi) is 6.46. The van der Waals surface area contributed by atoms with Crippen molar-refractivity contribution in [2.24, 2.45) is 0 Å². The van der Waals surface area contributed by atoms with Crippen LogP contribution in [-0.2, 0) is 17.6 Å². The first-order valence-corrected chi connectivity index (χ1v) is 11.8. The predicted octanol–water partition coefficient (Wildman–Crippen LogP) is 3.56. The van der Waals surface area contributed by atoms with E-state index in [2.05, 4.69) is 5.32 Å². The SMILES string of the molecule is Cc1ccccc1C(=O)c1c(NC(=O)C[NH+]2CCCCCC2)sc2c1CCCC2. The summed E-state index contributed by atoms with van der Waals surface area (Å²) in [6.07, 6.45) is 9.18. The smallest absolute Gasteiger partial charge is 0.280 e. The molecule has 29 heavy (non-hydrogen) atoms. The fraction of sp³-hybridized carbons (Fsp3) is 0.500. The number of fused-ring (bicyclic) bond motifs is 1. The van der Waals surface area contributed by atoms with Gasteiger partial charge in [0.1, 0.15) is 5.00 Å². The van der Waals surface area contributed by atoms with Crippen molar-refractivity contribution in [3.8, 4) is 0 Å². The average Bonchev–Trinajstić information content (AvgIpc) is 2.87. The van der Waals surface area contributed by atoms with Gasteiger partial charge in [0.05, 0.1) is 18.7 Å². The molecule has 1 aromatic carbocycles. The van der Waals surface area contributed by atoms with Gasteiger partial charge in [-0.25, -0.2) is 0 Å². The molecule has 1 aromatic heterocycles. The Balaban J connectivity index is 1.59. The molecule has 1 saturated heterocycles. The number of nitrogens with one attached hydrogen (secondary N) is 2. The summed E-state index contributed by atoms with van der Waals surface area (Å²) in [7, 11) is 0. The number of aryl methyl sites for hydroxylation is 2. The molecule has 1 fully saturated rings. The molecule has 1 aliphatic heterocycles. The Bertz CT molecular complexity index is 894. The molecule has 1 amide bonds. The topological polar surface area (TPSA) is 50.6 Å². The maximum absolute atomic E-state index is 13.5. The van der Waals surface area contributed by atoms with Crippen LogP contribution in [0.4, 0.5) is 5.00 Å². The van der Waals surface area contributed by atoms with Crippen molar-refractivity contribution in [3.63, 3.8) is 0 Å². The minimum absolute atomic E-state index is 0.0410. The van der Waals surface area contributed by atoms with E-state index in [1.54, 1.807) is 11.3 Å². The van der Waals surface area contributed by atoms with Gasteiger partial charge in [-0.3, -0.25) is 9.59 Å². The first-order chi connectivity index (χ1) is 14.1. The number of anilines is 1. The number of rotatable bonds is 5. The average molecular weight is 412 g/mol. The molecule has 2 aliphatic rings. The molecule has 2 heterocycles. The van der Waals surface area contributed by atoms with Crippen molar-refractivity contribution in [1.82, 2.24) is 0 Å². The number of carbonyl (C=O) groups is 2. The highest BCUT2D eigenvalue weighted by atomic mass is 32.1. The van der Waals surface area contributed by atoms with Crippen molar-refractivity contribution in [1.29, 1.82) is 0 Å². The number of thiophene rings is 1. The Morgan fingerprint density at radius 1 is 1.00 bits per heavy atom. The molecule has 0 radical (unpaired) electrons. The molecular weight excluding hydrogens is 380 g/mol. The minimum atomic E-state index is 0.0410. The number of ketones is 1. The highest BCUT2D eigenvalue weighted by Gasteiger charge is 2.28. The van der Waals surface area contributed by atoms with Crippen LogP contribution in [0.5, 0.6) is 0 Å². The lowest BCUT2D eigenvalue weighted by atomic mass is 9.91. The molecule has 1 aliphatic carbocycles. The van der Waals surface area contributed by atoms with Gasteiger partial charge in [-0.2, -0.15) is 0 Å². The van der Waals surface area contributed by atoms with Crippen molar-refractivity contribution in [3.05, 3.63) is 51.4 Å². The second-order valence-corrected chi connectivity index (χ2v) is 9.55. The van der Waals surface area contributed by atoms with Crippen LogP contribution in [0.2, 0.25) is 0 Å². The molecule has 0 unspecified atom stereocenters. The monoisotopic (exact) mass is 411 g/mol. The molecule has 154 valence electrons. The van der Waals surface area contributed by atoms with Crippen molar-refractivity contribution in [2.75, 3.05) is 25.0 Å². The van der Waals surface area contributed by atoms with Gasteiger partial charge in [0, 0.05) is 10.4 Å². The third kappa shape index (κ3) is 4.62. The first-order valence-electron chi connectivity index (χ1n) is 11.0. The van der Waals surface area contributed by atoms with E-state index in [1.165, 1.54) is 41.0 Å². The summed E-state index contributed by atoms with van der Waals surface area (Å²) < 4.78 is 0. The molecule has 2 N–H and O–H groups in total. The minimum Gasteiger partial charge on any atom is -0.327 e. The van der Waals surface area contributed by atoms with E-state index in [9.17, 15) is 9.59 Å². The lowest BCUT2D eigenvalue weighted by Crippen LogP contribution is -3.12. The number of carbonyl (C=O) groups excluding carboxylic acids is 2. The molecule has 4 nitrogen and oxygen atoms in total. The number of hydrogen-bond donors (Lipinski definition) is 2. The van der Waals surface area contributed by atoms with Gasteiger partial charge >= 0.3 is 0 Å². The number of hydrogen-bond acceptors (Lipinski definition) is 3. The largest absolute Gasteiger partial charge is 0.327 e. The molecule has 4 rings (SSSR count). The van der Waals surface area contributed by atoms with E-state index in [-0.39, 0.29) is 11.7 Å². The summed E-state index contributed by atoms with van der Waals surface area (Å²) in [5.74, 6) is 0.0965. The Morgan fingerprint density at radius 2 is 1.72 bits per heavy atom. The van der Waals surface area contributed by atoms with E-state index >= 15 is 0 Å². The second kappa shape index (κ2) is 9.23. The predicted molar refractivity (Wildman–Crippen MR) is 118 cm³/mol. The zero-order chi connectivity index (χ0) is 20.2. The van der Waals surface area contributed by atoms with Gasteiger partial charge in [-0.05, 0) is 69.4 Å². The van der Waals surface area contributed by atoms with Gasteiger partial charge in [0.15, 0.2) is 12.3 Å². The van der Waals surface area contributed by atoms with Gasteiger partial charge in [-0.1, -0.05) is 24.3 Å². The van der Waals surface area contributed by atoms with Crippen molar-refractivity contribution in [2.45, 2.75) is 58.3 Å². The molecule has 2 aromatic rings. The number of amides is 1. The maximum atomic E-state index is 13.5. The van der Waals surface area contributed by atoms with E-state index < -0.39 is 0 Å². The molecule has 0 saturated carbocycles. The fourth-order valence-electron chi connectivity index (χ4n) is 4.66. The molecule has 0 bridgehead atoms. The summed E-state index contributed by atoms with van der Waals surface area (Å²) >= 11 is 1.62. The number of quaternary nitrogens is 1. The van der Waals surface area contributed by atoms with Crippen LogP contribution in [0, 0.1) is 6.92 Å². The first kappa shape index (κ1) is 20.3. The quantitative estimate of drug-likeness (QED) is 0.739. The van der Waals surface area contributed by atoms with E-state index in [1.807, 2.05) is 31.2 Å². The third-order valence-corrected chi connectivity index (χ3v) is 7.47. The Hall–Kier alpha value is -1.98. The van der Waals surface area contributed by atoms with Crippen LogP contribution < -0.4 is 10.2 Å². The lowest BCUT2D eigenvalue weighted by molar-refractivity contribution is -0.890. The standard InChI is InChI=1S/C24H30N2O2S/c1-17-10-4-5-11-18(17)23(28)22-19-12-6-7-13-20(19)29-24(22)25-21(27)16-26-14-8-2-3-9-15-26/h4-5,10-11H,2-3,6-9,12-16H2,1H3,(H,25,27)/p+1. The normalized spacial score (nSPS) is 17.4. The number of benzene rings is 1. The molecule has 5 heteroatoms. The van der Waals surface area contributed by atoms with E-state index in [4.69, 9.17) is 0 Å². The third-order valence-electron chi connectivity index (χ3n) is 6.26. The van der Waals surface area contributed by atoms with Crippen molar-refractivity contribution < 1.29 is 14.5 Å². The van der Waals surface area contributed by atoms with Crippen LogP contribution in [0.25, 0.3) is 0 Å². The maximum Gasteiger partial charge on any atom is 0.280 e. The number of likely N-dealkylation sites (tertiary alicyclic amines) is 1. The van der Waals surface area contributed by atoms with Gasteiger partial charge in [-0.15, -0.1) is 11.3 Å². The van der Waals surface area contributed by atoms with Gasteiger partial charge in [0.2, 0.25) is 0 Å². The summed E-state index contributed by atoms with van der Waals surface area (Å²) in [6, 6.07) is 7.76. The molecule has 0 spiro atoms. The summed E-state index contributed by atoms with van der Waals surface area (Å²) in [5, 5.41) is 3.91. The Labute approximate surface area is 177 Å². The lowest BCUT2D eigenvalue weighted by Gasteiger charge is -2.16. The van der Waals surface area contributed by atoms with Crippen LogP contribution in [0.15, 0.2) is 24.3 Å². The zero-order valence-corrected chi connectivity index (χ0v) is 18.1. The molecular formula is C24H31N2O2S+. The van der Waals surface area contributed by atoms with Gasteiger partial charge < -0.3 is 10.2 Å². The second-order valence-electron chi connectivity index (χ2n) is 8.45.